The predicted octanol–water partition coefficient (Wildman–Crippen LogP) is 2.76. The zero-order chi connectivity index (χ0) is 14.4. The quantitative estimate of drug-likeness (QED) is 0.683. The van der Waals surface area contributed by atoms with Crippen molar-refractivity contribution in [1.29, 1.82) is 0 Å². The molecule has 0 saturated carbocycles. The van der Waals surface area contributed by atoms with Gasteiger partial charge in [0.25, 0.3) is 5.56 Å². The molecular formula is C13H8BrF2N3O. The van der Waals surface area contributed by atoms with Crippen LogP contribution in [0.15, 0.2) is 39.7 Å². The van der Waals surface area contributed by atoms with E-state index in [4.69, 9.17) is 0 Å². The van der Waals surface area contributed by atoms with E-state index in [9.17, 15) is 13.6 Å². The van der Waals surface area contributed by atoms with Crippen molar-refractivity contribution in [2.75, 3.05) is 0 Å². The van der Waals surface area contributed by atoms with E-state index in [2.05, 4.69) is 21.0 Å². The van der Waals surface area contributed by atoms with E-state index in [-0.39, 0.29) is 11.2 Å². The fourth-order valence-corrected chi connectivity index (χ4v) is 2.58. The highest BCUT2D eigenvalue weighted by molar-refractivity contribution is 9.10. The molecule has 4 nitrogen and oxygen atoms in total. The molecule has 3 rings (SSSR count). The van der Waals surface area contributed by atoms with Crippen molar-refractivity contribution in [3.05, 3.63) is 56.9 Å². The Bertz CT molecular complexity index is 885. The molecule has 0 atom stereocenters. The SMILES string of the molecule is Cn1c(=O)c(Br)cc2cnn(-c3cc(F)ccc3F)c21. The standard InChI is InChI=1S/C13H8BrF2N3O/c1-18-12-7(4-9(14)13(18)20)6-17-19(12)11-5-8(15)2-3-10(11)16/h2-6H,1H3. The van der Waals surface area contributed by atoms with Crippen LogP contribution in [0.1, 0.15) is 0 Å². The van der Waals surface area contributed by atoms with E-state index >= 15 is 0 Å². The number of aromatic nitrogens is 3. The highest BCUT2D eigenvalue weighted by Gasteiger charge is 2.14. The van der Waals surface area contributed by atoms with E-state index in [0.717, 1.165) is 18.2 Å². The zero-order valence-electron chi connectivity index (χ0n) is 10.3. The number of hydrogen-bond acceptors (Lipinski definition) is 2. The lowest BCUT2D eigenvalue weighted by Gasteiger charge is -2.08. The van der Waals surface area contributed by atoms with Gasteiger partial charge < -0.3 is 0 Å². The second-order valence-electron chi connectivity index (χ2n) is 4.29. The number of rotatable bonds is 1. The Hall–Kier alpha value is -2.02. The van der Waals surface area contributed by atoms with Gasteiger partial charge in [-0.15, -0.1) is 0 Å². The van der Waals surface area contributed by atoms with Gasteiger partial charge in [-0.2, -0.15) is 5.10 Å². The molecule has 3 aromatic rings. The van der Waals surface area contributed by atoms with Gasteiger partial charge in [-0.1, -0.05) is 0 Å². The number of fused-ring (bicyclic) bond motifs is 1. The fraction of sp³-hybridized carbons (Fsp3) is 0.0769. The number of halogens is 3. The highest BCUT2D eigenvalue weighted by Crippen LogP contribution is 2.21. The molecule has 0 radical (unpaired) electrons. The van der Waals surface area contributed by atoms with Crippen LogP contribution in [0, 0.1) is 11.6 Å². The summed E-state index contributed by atoms with van der Waals surface area (Å²) in [6.07, 6.45) is 1.49. The Kier molecular flexibility index (Phi) is 2.93. The number of nitrogens with zero attached hydrogens (tertiary/aromatic N) is 3. The average Bonchev–Trinajstić information content (AvgIpc) is 2.82. The van der Waals surface area contributed by atoms with Crippen LogP contribution in [-0.4, -0.2) is 14.3 Å². The molecule has 20 heavy (non-hydrogen) atoms. The second-order valence-corrected chi connectivity index (χ2v) is 5.14. The lowest BCUT2D eigenvalue weighted by Crippen LogP contribution is -2.19. The summed E-state index contributed by atoms with van der Waals surface area (Å²) < 4.78 is 30.1. The Morgan fingerprint density at radius 1 is 1.25 bits per heavy atom. The van der Waals surface area contributed by atoms with Gasteiger partial charge in [0, 0.05) is 18.5 Å². The molecule has 7 heteroatoms. The van der Waals surface area contributed by atoms with E-state index in [0.29, 0.717) is 15.5 Å². The molecule has 102 valence electrons. The smallest absolute Gasteiger partial charge is 0.266 e. The maximum absolute atomic E-state index is 13.8. The van der Waals surface area contributed by atoms with Crippen molar-refractivity contribution in [2.24, 2.45) is 7.05 Å². The van der Waals surface area contributed by atoms with Crippen molar-refractivity contribution in [3.63, 3.8) is 0 Å². The minimum absolute atomic E-state index is 0.0441. The summed E-state index contributed by atoms with van der Waals surface area (Å²) >= 11 is 3.15. The molecule has 2 heterocycles. The normalized spacial score (nSPS) is 11.2. The van der Waals surface area contributed by atoms with Crippen LogP contribution >= 0.6 is 15.9 Å². The minimum Gasteiger partial charge on any atom is -0.295 e. The summed E-state index contributed by atoms with van der Waals surface area (Å²) in [7, 11) is 1.55. The molecule has 0 aliphatic heterocycles. The Labute approximate surface area is 120 Å². The summed E-state index contributed by atoms with van der Waals surface area (Å²) in [5.74, 6) is -1.20. The summed E-state index contributed by atoms with van der Waals surface area (Å²) in [5.41, 5.74) is 0.0658. The van der Waals surface area contributed by atoms with Crippen molar-refractivity contribution in [3.8, 4) is 5.69 Å². The van der Waals surface area contributed by atoms with E-state index in [1.807, 2.05) is 0 Å². The van der Waals surface area contributed by atoms with Crippen LogP contribution < -0.4 is 5.56 Å². The lowest BCUT2D eigenvalue weighted by atomic mass is 10.3. The number of benzene rings is 1. The van der Waals surface area contributed by atoms with Crippen molar-refractivity contribution in [1.82, 2.24) is 14.3 Å². The fourth-order valence-electron chi connectivity index (χ4n) is 2.07. The third kappa shape index (κ3) is 1.85. The molecule has 0 unspecified atom stereocenters. The molecule has 0 spiro atoms. The van der Waals surface area contributed by atoms with Gasteiger partial charge in [0.1, 0.15) is 23.0 Å². The Morgan fingerprint density at radius 3 is 2.75 bits per heavy atom. The van der Waals surface area contributed by atoms with Crippen molar-refractivity contribution < 1.29 is 8.78 Å². The first-order valence-electron chi connectivity index (χ1n) is 5.67. The lowest BCUT2D eigenvalue weighted by molar-refractivity contribution is 0.587. The third-order valence-electron chi connectivity index (χ3n) is 3.02. The molecule has 0 bridgehead atoms. The van der Waals surface area contributed by atoms with Crippen LogP contribution in [0.4, 0.5) is 8.78 Å². The first-order chi connectivity index (χ1) is 9.49. The topological polar surface area (TPSA) is 39.8 Å². The average molecular weight is 340 g/mol. The van der Waals surface area contributed by atoms with Gasteiger partial charge in [-0.3, -0.25) is 9.36 Å². The monoisotopic (exact) mass is 339 g/mol. The van der Waals surface area contributed by atoms with Gasteiger partial charge in [-0.05, 0) is 34.1 Å². The number of aryl methyl sites for hydroxylation is 1. The van der Waals surface area contributed by atoms with Crippen LogP contribution in [0.2, 0.25) is 0 Å². The highest BCUT2D eigenvalue weighted by atomic mass is 79.9. The maximum atomic E-state index is 13.8. The summed E-state index contributed by atoms with van der Waals surface area (Å²) in [6, 6.07) is 4.68. The summed E-state index contributed by atoms with van der Waals surface area (Å²) in [6.45, 7) is 0. The van der Waals surface area contributed by atoms with E-state index in [1.54, 1.807) is 13.1 Å². The molecular weight excluding hydrogens is 332 g/mol. The molecule has 0 saturated heterocycles. The maximum Gasteiger partial charge on any atom is 0.266 e. The first kappa shape index (κ1) is 13.0. The molecule has 0 aliphatic rings. The first-order valence-corrected chi connectivity index (χ1v) is 6.47. The van der Waals surface area contributed by atoms with Gasteiger partial charge >= 0.3 is 0 Å². The van der Waals surface area contributed by atoms with E-state index in [1.165, 1.54) is 15.4 Å². The predicted molar refractivity (Wildman–Crippen MR) is 73.9 cm³/mol. The van der Waals surface area contributed by atoms with Crippen LogP contribution in [0.5, 0.6) is 0 Å². The summed E-state index contributed by atoms with van der Waals surface area (Å²) in [4.78, 5) is 11.9. The van der Waals surface area contributed by atoms with Crippen molar-refractivity contribution >= 4 is 27.0 Å². The second kappa shape index (κ2) is 4.52. The third-order valence-corrected chi connectivity index (χ3v) is 3.58. The molecule has 0 aliphatic carbocycles. The van der Waals surface area contributed by atoms with Gasteiger partial charge in [0.2, 0.25) is 0 Å². The zero-order valence-corrected chi connectivity index (χ0v) is 11.9. The van der Waals surface area contributed by atoms with Crippen LogP contribution in [0.3, 0.4) is 0 Å². The minimum atomic E-state index is -0.619. The molecule has 0 fully saturated rings. The summed E-state index contributed by atoms with van der Waals surface area (Å²) in [5, 5.41) is 4.68. The van der Waals surface area contributed by atoms with E-state index < -0.39 is 11.6 Å². The van der Waals surface area contributed by atoms with Crippen molar-refractivity contribution in [2.45, 2.75) is 0 Å². The Morgan fingerprint density at radius 2 is 2.00 bits per heavy atom. The largest absolute Gasteiger partial charge is 0.295 e. The Balaban J connectivity index is 2.41. The van der Waals surface area contributed by atoms with Gasteiger partial charge in [0.15, 0.2) is 0 Å². The number of hydrogen-bond donors (Lipinski definition) is 0. The molecule has 0 amide bonds. The molecule has 1 aromatic carbocycles. The van der Waals surface area contributed by atoms with Gasteiger partial charge in [0.05, 0.1) is 10.7 Å². The van der Waals surface area contributed by atoms with Crippen LogP contribution in [-0.2, 0) is 7.05 Å². The molecule has 2 aromatic heterocycles. The molecule has 0 N–H and O–H groups in total. The van der Waals surface area contributed by atoms with Crippen LogP contribution in [0.25, 0.3) is 16.7 Å². The number of pyridine rings is 1. The van der Waals surface area contributed by atoms with Gasteiger partial charge in [-0.25, -0.2) is 13.5 Å².